The minimum atomic E-state index is 0.246. The first kappa shape index (κ1) is 11.2. The van der Waals surface area contributed by atoms with E-state index in [9.17, 15) is 0 Å². The molecule has 82 valence electrons. The molecule has 0 fully saturated rings. The molecule has 1 heterocycles. The standard InChI is InChI=1S/C12H16ClNS/c1-8-9(2)15-12(14-8)7-10-4-3-5-11(13)6-10/h6,11H,3-5,7H2,1-2H3. The summed E-state index contributed by atoms with van der Waals surface area (Å²) in [5, 5.41) is 1.48. The van der Waals surface area contributed by atoms with Crippen LogP contribution in [0, 0.1) is 13.8 Å². The molecule has 0 aromatic carbocycles. The van der Waals surface area contributed by atoms with E-state index in [-0.39, 0.29) is 5.38 Å². The van der Waals surface area contributed by atoms with Crippen LogP contribution in [0.15, 0.2) is 11.6 Å². The van der Waals surface area contributed by atoms with Crippen molar-refractivity contribution >= 4 is 22.9 Å². The van der Waals surface area contributed by atoms with Crippen molar-refractivity contribution in [3.63, 3.8) is 0 Å². The summed E-state index contributed by atoms with van der Waals surface area (Å²) in [7, 11) is 0. The molecule has 0 N–H and O–H groups in total. The lowest BCUT2D eigenvalue weighted by molar-refractivity contribution is 0.692. The van der Waals surface area contributed by atoms with Crippen LogP contribution in [0.1, 0.15) is 34.8 Å². The summed E-state index contributed by atoms with van der Waals surface area (Å²) in [5.41, 5.74) is 2.64. The monoisotopic (exact) mass is 241 g/mol. The lowest BCUT2D eigenvalue weighted by atomic mass is 9.97. The fourth-order valence-electron chi connectivity index (χ4n) is 1.90. The molecule has 1 aliphatic carbocycles. The van der Waals surface area contributed by atoms with Crippen molar-refractivity contribution in [1.82, 2.24) is 4.98 Å². The Kier molecular flexibility index (Phi) is 3.47. The molecule has 15 heavy (non-hydrogen) atoms. The number of rotatable bonds is 2. The molecule has 3 heteroatoms. The van der Waals surface area contributed by atoms with Gasteiger partial charge in [-0.1, -0.05) is 11.6 Å². The topological polar surface area (TPSA) is 12.9 Å². The van der Waals surface area contributed by atoms with E-state index in [4.69, 9.17) is 11.6 Å². The molecule has 0 bridgehead atoms. The number of aromatic nitrogens is 1. The zero-order chi connectivity index (χ0) is 10.8. The molecule has 1 unspecified atom stereocenters. The molecule has 0 saturated carbocycles. The van der Waals surface area contributed by atoms with E-state index in [1.54, 1.807) is 0 Å². The number of alkyl halides is 1. The number of hydrogen-bond acceptors (Lipinski definition) is 2. The quantitative estimate of drug-likeness (QED) is 0.563. The second kappa shape index (κ2) is 4.67. The van der Waals surface area contributed by atoms with Gasteiger partial charge in [-0.3, -0.25) is 0 Å². The number of nitrogens with zero attached hydrogens (tertiary/aromatic N) is 1. The van der Waals surface area contributed by atoms with E-state index in [2.05, 4.69) is 24.9 Å². The van der Waals surface area contributed by atoms with Crippen molar-refractivity contribution in [2.75, 3.05) is 0 Å². The molecule has 1 aromatic rings. The third kappa shape index (κ3) is 2.82. The Morgan fingerprint density at radius 2 is 2.33 bits per heavy atom. The summed E-state index contributed by atoms with van der Waals surface area (Å²) in [6, 6.07) is 0. The fraction of sp³-hybridized carbons (Fsp3) is 0.583. The molecule has 1 atom stereocenters. The number of halogens is 1. The molecular formula is C12H16ClNS. The zero-order valence-electron chi connectivity index (χ0n) is 9.22. The maximum Gasteiger partial charge on any atom is 0.0971 e. The molecule has 1 nitrogen and oxygen atoms in total. The van der Waals surface area contributed by atoms with Gasteiger partial charge in [0.05, 0.1) is 16.1 Å². The second-order valence-corrected chi connectivity index (χ2v) is 6.01. The highest BCUT2D eigenvalue weighted by molar-refractivity contribution is 7.11. The number of aryl methyl sites for hydroxylation is 2. The summed E-state index contributed by atoms with van der Waals surface area (Å²) < 4.78 is 0. The highest BCUT2D eigenvalue weighted by atomic mass is 35.5. The Labute approximate surface area is 100 Å². The summed E-state index contributed by atoms with van der Waals surface area (Å²) in [6.07, 6.45) is 6.77. The van der Waals surface area contributed by atoms with Crippen LogP contribution in [0.3, 0.4) is 0 Å². The van der Waals surface area contributed by atoms with Crippen molar-refractivity contribution < 1.29 is 0 Å². The first-order valence-corrected chi connectivity index (χ1v) is 6.67. The van der Waals surface area contributed by atoms with E-state index in [0.29, 0.717) is 0 Å². The predicted octanol–water partition coefficient (Wildman–Crippen LogP) is 4.02. The summed E-state index contributed by atoms with van der Waals surface area (Å²) in [6.45, 7) is 4.21. The Balaban J connectivity index is 2.08. The largest absolute Gasteiger partial charge is 0.246 e. The molecule has 1 aromatic heterocycles. The Bertz CT molecular complexity index is 361. The molecule has 0 radical (unpaired) electrons. The third-order valence-electron chi connectivity index (χ3n) is 2.85. The van der Waals surface area contributed by atoms with Gasteiger partial charge < -0.3 is 0 Å². The Morgan fingerprint density at radius 3 is 2.93 bits per heavy atom. The minimum Gasteiger partial charge on any atom is -0.246 e. The van der Waals surface area contributed by atoms with Gasteiger partial charge in [0, 0.05) is 11.3 Å². The number of hydrogen-bond donors (Lipinski definition) is 0. The van der Waals surface area contributed by atoms with Gasteiger partial charge in [0.25, 0.3) is 0 Å². The minimum absolute atomic E-state index is 0.246. The van der Waals surface area contributed by atoms with Crippen LogP contribution in [-0.4, -0.2) is 10.4 Å². The smallest absolute Gasteiger partial charge is 0.0971 e. The predicted molar refractivity (Wildman–Crippen MR) is 66.9 cm³/mol. The van der Waals surface area contributed by atoms with Crippen LogP contribution < -0.4 is 0 Å². The normalized spacial score (nSPS) is 21.5. The highest BCUT2D eigenvalue weighted by Gasteiger charge is 2.13. The molecule has 1 aliphatic rings. The molecule has 0 aliphatic heterocycles. The van der Waals surface area contributed by atoms with Gasteiger partial charge in [-0.2, -0.15) is 0 Å². The summed E-state index contributed by atoms with van der Waals surface area (Å²) in [5.74, 6) is 0. The van der Waals surface area contributed by atoms with Crippen molar-refractivity contribution in [3.8, 4) is 0 Å². The van der Waals surface area contributed by atoms with E-state index in [1.807, 2.05) is 11.3 Å². The lowest BCUT2D eigenvalue weighted by Crippen LogP contribution is -2.05. The van der Waals surface area contributed by atoms with Crippen LogP contribution in [0.4, 0.5) is 0 Å². The maximum absolute atomic E-state index is 6.12. The Morgan fingerprint density at radius 1 is 1.53 bits per heavy atom. The van der Waals surface area contributed by atoms with Gasteiger partial charge >= 0.3 is 0 Å². The Hall–Kier alpha value is -0.340. The van der Waals surface area contributed by atoms with E-state index >= 15 is 0 Å². The summed E-state index contributed by atoms with van der Waals surface area (Å²) in [4.78, 5) is 5.90. The van der Waals surface area contributed by atoms with Gasteiger partial charge in [0.15, 0.2) is 0 Å². The number of allylic oxidation sites excluding steroid dienone is 2. The molecular weight excluding hydrogens is 226 g/mol. The van der Waals surface area contributed by atoms with Crippen LogP contribution in [0.5, 0.6) is 0 Å². The number of thiazole rings is 1. The van der Waals surface area contributed by atoms with E-state index in [0.717, 1.165) is 12.8 Å². The van der Waals surface area contributed by atoms with Gasteiger partial charge in [-0.05, 0) is 33.1 Å². The molecule has 2 rings (SSSR count). The highest BCUT2D eigenvalue weighted by Crippen LogP contribution is 2.26. The van der Waals surface area contributed by atoms with Gasteiger partial charge in [0.2, 0.25) is 0 Å². The van der Waals surface area contributed by atoms with Crippen LogP contribution in [0.2, 0.25) is 0 Å². The average molecular weight is 242 g/mol. The zero-order valence-corrected chi connectivity index (χ0v) is 10.8. The van der Waals surface area contributed by atoms with E-state index < -0.39 is 0 Å². The molecule has 0 saturated heterocycles. The van der Waals surface area contributed by atoms with E-state index in [1.165, 1.54) is 34.0 Å². The second-order valence-electron chi connectivity index (χ2n) is 4.16. The van der Waals surface area contributed by atoms with Crippen LogP contribution in [0.25, 0.3) is 0 Å². The van der Waals surface area contributed by atoms with Crippen LogP contribution in [-0.2, 0) is 6.42 Å². The van der Waals surface area contributed by atoms with Crippen LogP contribution >= 0.6 is 22.9 Å². The van der Waals surface area contributed by atoms with Crippen molar-refractivity contribution in [2.45, 2.75) is 44.9 Å². The van der Waals surface area contributed by atoms with Gasteiger partial charge in [-0.25, -0.2) is 4.98 Å². The SMILES string of the molecule is Cc1nc(CC2=CC(Cl)CCC2)sc1C. The average Bonchev–Trinajstić information content (AvgIpc) is 2.45. The summed E-state index contributed by atoms with van der Waals surface area (Å²) >= 11 is 7.93. The fourth-order valence-corrected chi connectivity index (χ4v) is 3.22. The first-order valence-electron chi connectivity index (χ1n) is 5.41. The lowest BCUT2D eigenvalue weighted by Gasteiger charge is -2.15. The third-order valence-corrected chi connectivity index (χ3v) is 4.26. The van der Waals surface area contributed by atoms with Crippen molar-refractivity contribution in [2.24, 2.45) is 0 Å². The first-order chi connectivity index (χ1) is 7.15. The van der Waals surface area contributed by atoms with Gasteiger partial charge in [-0.15, -0.1) is 22.9 Å². The molecule has 0 spiro atoms. The van der Waals surface area contributed by atoms with Crippen molar-refractivity contribution in [3.05, 3.63) is 27.2 Å². The van der Waals surface area contributed by atoms with Gasteiger partial charge in [0.1, 0.15) is 0 Å². The maximum atomic E-state index is 6.12. The van der Waals surface area contributed by atoms with Crippen molar-refractivity contribution in [1.29, 1.82) is 0 Å². The molecule has 0 amide bonds.